The van der Waals surface area contributed by atoms with Crippen molar-refractivity contribution in [2.45, 2.75) is 69.9 Å². The highest BCUT2D eigenvalue weighted by Crippen LogP contribution is 2.35. The molecule has 4 rings (SSSR count). The maximum atomic E-state index is 12.8. The molecule has 9 heteroatoms. The Morgan fingerprint density at radius 2 is 1.92 bits per heavy atom. The molecular formula is C28H34N4O5. The predicted octanol–water partition coefficient (Wildman–Crippen LogP) is 3.22. The first-order valence-corrected chi connectivity index (χ1v) is 12.9. The fourth-order valence-corrected chi connectivity index (χ4v) is 4.85. The molecule has 0 saturated heterocycles. The Balaban J connectivity index is 1.17. The number of aryl methyl sites for hydroxylation is 3. The van der Waals surface area contributed by atoms with Gasteiger partial charge in [-0.25, -0.2) is 9.79 Å². The monoisotopic (exact) mass is 506 g/mol. The van der Waals surface area contributed by atoms with Gasteiger partial charge in [-0.1, -0.05) is 24.3 Å². The molecule has 2 aromatic rings. The molecule has 0 spiro atoms. The third kappa shape index (κ3) is 6.80. The number of hydrogen-bond donors (Lipinski definition) is 3. The topological polar surface area (TPSA) is 130 Å². The van der Waals surface area contributed by atoms with E-state index in [-0.39, 0.29) is 24.6 Å². The maximum absolute atomic E-state index is 12.8. The summed E-state index contributed by atoms with van der Waals surface area (Å²) in [7, 11) is 1.48. The van der Waals surface area contributed by atoms with E-state index in [9.17, 15) is 19.5 Å². The van der Waals surface area contributed by atoms with Crippen LogP contribution in [0.1, 0.15) is 67.1 Å². The van der Waals surface area contributed by atoms with E-state index in [0.29, 0.717) is 12.1 Å². The largest absolute Gasteiger partial charge is 0.480 e. The van der Waals surface area contributed by atoms with Crippen LogP contribution in [0.25, 0.3) is 0 Å². The number of aromatic nitrogens is 1. The van der Waals surface area contributed by atoms with Crippen LogP contribution < -0.4 is 10.6 Å². The van der Waals surface area contributed by atoms with Gasteiger partial charge in [-0.2, -0.15) is 0 Å². The van der Waals surface area contributed by atoms with Gasteiger partial charge >= 0.3 is 5.97 Å². The number of para-hydroxylation sites is 1. The minimum absolute atomic E-state index is 0.0593. The molecule has 0 radical (unpaired) electrons. The van der Waals surface area contributed by atoms with Gasteiger partial charge in [0.1, 0.15) is 17.9 Å². The van der Waals surface area contributed by atoms with E-state index in [0.717, 1.165) is 43.4 Å². The zero-order valence-corrected chi connectivity index (χ0v) is 21.2. The van der Waals surface area contributed by atoms with Crippen LogP contribution in [0.3, 0.4) is 0 Å². The van der Waals surface area contributed by atoms with Gasteiger partial charge in [-0.3, -0.25) is 14.6 Å². The molecule has 0 fully saturated rings. The number of unbranched alkanes of at least 4 members (excludes halogenated alkanes) is 1. The molecular weight excluding hydrogens is 472 g/mol. The second-order valence-corrected chi connectivity index (χ2v) is 9.50. The summed E-state index contributed by atoms with van der Waals surface area (Å²) < 4.78 is 5.43. The molecule has 37 heavy (non-hydrogen) atoms. The summed E-state index contributed by atoms with van der Waals surface area (Å²) in [4.78, 5) is 45.9. The number of rotatable bonds is 12. The molecule has 196 valence electrons. The third-order valence-corrected chi connectivity index (χ3v) is 6.86. The molecule has 1 aromatic heterocycles. The Labute approximate surface area is 216 Å². The lowest BCUT2D eigenvalue weighted by molar-refractivity contribution is -0.141. The number of aliphatic carboxylic acids is 1. The van der Waals surface area contributed by atoms with Gasteiger partial charge < -0.3 is 20.5 Å². The Morgan fingerprint density at radius 1 is 1.11 bits per heavy atom. The van der Waals surface area contributed by atoms with E-state index < -0.39 is 24.0 Å². The predicted molar refractivity (Wildman–Crippen MR) is 139 cm³/mol. The SMILES string of the molecule is COC1C(C(=O)N[C@@H](CCNC(=O)CCCCc2ccc3c(n2)CCCC3)C(=O)O)=Nc2ccccc21. The molecule has 1 aromatic carbocycles. The van der Waals surface area contributed by atoms with Gasteiger partial charge in [0, 0.05) is 37.0 Å². The molecule has 0 saturated carbocycles. The minimum Gasteiger partial charge on any atom is -0.480 e. The first-order chi connectivity index (χ1) is 18.0. The normalized spacial score (nSPS) is 16.8. The molecule has 1 aliphatic heterocycles. The van der Waals surface area contributed by atoms with E-state index in [1.165, 1.54) is 31.2 Å². The second-order valence-electron chi connectivity index (χ2n) is 9.50. The number of carbonyl (C=O) groups excluding carboxylic acids is 2. The quantitative estimate of drug-likeness (QED) is 0.379. The summed E-state index contributed by atoms with van der Waals surface area (Å²) in [6, 6.07) is 10.4. The first-order valence-electron chi connectivity index (χ1n) is 12.9. The summed E-state index contributed by atoms with van der Waals surface area (Å²) in [5, 5.41) is 14.9. The number of carboxylic acid groups (broad SMARTS) is 1. The van der Waals surface area contributed by atoms with Crippen LogP contribution in [0.4, 0.5) is 5.69 Å². The van der Waals surface area contributed by atoms with Crippen LogP contribution in [0.15, 0.2) is 41.4 Å². The maximum Gasteiger partial charge on any atom is 0.326 e. The number of amides is 2. The lowest BCUT2D eigenvalue weighted by Crippen LogP contribution is -2.46. The highest BCUT2D eigenvalue weighted by molar-refractivity contribution is 6.42. The van der Waals surface area contributed by atoms with Crippen LogP contribution in [-0.4, -0.2) is 53.3 Å². The van der Waals surface area contributed by atoms with Crippen molar-refractivity contribution in [1.29, 1.82) is 0 Å². The van der Waals surface area contributed by atoms with Crippen molar-refractivity contribution < 1.29 is 24.2 Å². The first kappa shape index (κ1) is 26.5. The number of pyridine rings is 1. The highest BCUT2D eigenvalue weighted by atomic mass is 16.5. The second kappa shape index (κ2) is 12.6. The lowest BCUT2D eigenvalue weighted by Gasteiger charge is -2.17. The molecule has 2 atom stereocenters. The average Bonchev–Trinajstić information content (AvgIpc) is 3.29. The molecule has 9 nitrogen and oxygen atoms in total. The van der Waals surface area contributed by atoms with E-state index >= 15 is 0 Å². The van der Waals surface area contributed by atoms with Crippen LogP contribution in [0, 0.1) is 0 Å². The van der Waals surface area contributed by atoms with Crippen molar-refractivity contribution in [1.82, 2.24) is 15.6 Å². The zero-order valence-electron chi connectivity index (χ0n) is 21.2. The number of hydrogen-bond acceptors (Lipinski definition) is 6. The fourth-order valence-electron chi connectivity index (χ4n) is 4.85. The summed E-state index contributed by atoms with van der Waals surface area (Å²) in [5.74, 6) is -1.91. The van der Waals surface area contributed by atoms with E-state index in [1.807, 2.05) is 18.2 Å². The van der Waals surface area contributed by atoms with E-state index in [2.05, 4.69) is 27.8 Å². The van der Waals surface area contributed by atoms with Crippen LogP contribution in [-0.2, 0) is 38.4 Å². The Kier molecular flexibility index (Phi) is 9.00. The minimum atomic E-state index is -1.18. The van der Waals surface area contributed by atoms with Crippen molar-refractivity contribution >= 4 is 29.2 Å². The number of ether oxygens (including phenoxy) is 1. The molecule has 2 heterocycles. The Hall–Kier alpha value is -3.59. The number of nitrogens with one attached hydrogen (secondary N) is 2. The third-order valence-electron chi connectivity index (χ3n) is 6.86. The van der Waals surface area contributed by atoms with Crippen molar-refractivity contribution in [2.75, 3.05) is 13.7 Å². The van der Waals surface area contributed by atoms with E-state index in [4.69, 9.17) is 9.72 Å². The number of carbonyl (C=O) groups is 3. The fraction of sp³-hybridized carbons (Fsp3) is 0.464. The van der Waals surface area contributed by atoms with Gasteiger partial charge in [0.15, 0.2) is 0 Å². The summed E-state index contributed by atoms with van der Waals surface area (Å²) in [6.07, 6.45) is 6.80. The van der Waals surface area contributed by atoms with Gasteiger partial charge in [-0.15, -0.1) is 0 Å². The smallest absolute Gasteiger partial charge is 0.326 e. The Morgan fingerprint density at radius 3 is 2.73 bits per heavy atom. The molecule has 2 aliphatic rings. The summed E-state index contributed by atoms with van der Waals surface area (Å²) in [6.45, 7) is 0.142. The molecule has 0 bridgehead atoms. The van der Waals surface area contributed by atoms with Crippen LogP contribution >= 0.6 is 0 Å². The van der Waals surface area contributed by atoms with Gasteiger partial charge in [0.05, 0.1) is 5.69 Å². The van der Waals surface area contributed by atoms with Gasteiger partial charge in [-0.05, 0) is 69.1 Å². The van der Waals surface area contributed by atoms with E-state index in [1.54, 1.807) is 6.07 Å². The number of methoxy groups -OCH3 is 1. The molecule has 1 unspecified atom stereocenters. The average molecular weight is 507 g/mol. The molecule has 3 N–H and O–H groups in total. The zero-order chi connectivity index (χ0) is 26.2. The standard InChI is InChI=1S/C28H34N4O5/c1-37-26-20-10-4-6-12-22(20)31-25(26)27(34)32-23(28(35)36)16-17-29-24(33)13-7-3-9-19-15-14-18-8-2-5-11-21(18)30-19/h4,6,10,12,14-15,23,26H,2-3,5,7-9,11,13,16-17H2,1H3,(H,29,33)(H,32,34)(H,35,36)/t23-,26?/m0/s1. The van der Waals surface area contributed by atoms with Crippen LogP contribution in [0.5, 0.6) is 0 Å². The molecule has 2 amide bonds. The lowest BCUT2D eigenvalue weighted by atomic mass is 9.95. The summed E-state index contributed by atoms with van der Waals surface area (Å²) >= 11 is 0. The van der Waals surface area contributed by atoms with Crippen molar-refractivity contribution in [3.63, 3.8) is 0 Å². The number of nitrogens with zero attached hydrogens (tertiary/aromatic N) is 2. The van der Waals surface area contributed by atoms with Crippen molar-refractivity contribution in [2.24, 2.45) is 4.99 Å². The van der Waals surface area contributed by atoms with Gasteiger partial charge in [0.25, 0.3) is 5.91 Å². The number of carboxylic acids is 1. The van der Waals surface area contributed by atoms with Crippen molar-refractivity contribution in [3.8, 4) is 0 Å². The number of benzene rings is 1. The van der Waals surface area contributed by atoms with Gasteiger partial charge in [0.2, 0.25) is 5.91 Å². The number of fused-ring (bicyclic) bond motifs is 2. The van der Waals surface area contributed by atoms with Crippen molar-refractivity contribution in [3.05, 3.63) is 58.9 Å². The highest BCUT2D eigenvalue weighted by Gasteiger charge is 2.33. The number of aliphatic imine (C=N–C) groups is 1. The van der Waals surface area contributed by atoms with Crippen LogP contribution in [0.2, 0.25) is 0 Å². The molecule has 1 aliphatic carbocycles. The summed E-state index contributed by atoms with van der Waals surface area (Å²) in [5.41, 5.74) is 5.17. The Bertz CT molecular complexity index is 1180.